The van der Waals surface area contributed by atoms with Crippen LogP contribution < -0.4 is 10.6 Å². The lowest BCUT2D eigenvalue weighted by Crippen LogP contribution is -2.48. The first kappa shape index (κ1) is 14.3. The average molecular weight is 269 g/mol. The van der Waals surface area contributed by atoms with Crippen molar-refractivity contribution >= 4 is 12.0 Å². The Morgan fingerprint density at radius 3 is 2.89 bits per heavy atom. The van der Waals surface area contributed by atoms with Gasteiger partial charge in [0, 0.05) is 12.1 Å². The average Bonchev–Trinajstić information content (AvgIpc) is 2.98. The first-order valence-corrected chi connectivity index (χ1v) is 7.14. The van der Waals surface area contributed by atoms with Crippen molar-refractivity contribution in [1.82, 2.24) is 15.5 Å². The number of nitrogens with one attached hydrogen (secondary N) is 2. The van der Waals surface area contributed by atoms with Gasteiger partial charge in [-0.1, -0.05) is 0 Å². The lowest BCUT2D eigenvalue weighted by Gasteiger charge is -2.28. The molecule has 108 valence electrons. The predicted octanol–water partition coefficient (Wildman–Crippen LogP) is 0.476. The number of nitrogens with zero attached hydrogens (tertiary/aromatic N) is 1. The van der Waals surface area contributed by atoms with Crippen LogP contribution in [0.3, 0.4) is 0 Å². The van der Waals surface area contributed by atoms with Gasteiger partial charge < -0.3 is 10.1 Å². The monoisotopic (exact) mass is 269 g/mol. The summed E-state index contributed by atoms with van der Waals surface area (Å²) in [7, 11) is 0. The van der Waals surface area contributed by atoms with Crippen LogP contribution in [0.2, 0.25) is 0 Å². The molecule has 0 saturated carbocycles. The van der Waals surface area contributed by atoms with Crippen LogP contribution in [0.1, 0.15) is 32.6 Å². The van der Waals surface area contributed by atoms with Crippen LogP contribution in [0, 0.1) is 0 Å². The molecule has 19 heavy (non-hydrogen) atoms. The molecule has 2 N–H and O–H groups in total. The highest BCUT2D eigenvalue weighted by molar-refractivity contribution is 5.92. The van der Waals surface area contributed by atoms with Crippen molar-refractivity contribution in [2.75, 3.05) is 26.2 Å². The van der Waals surface area contributed by atoms with E-state index >= 15 is 0 Å². The van der Waals surface area contributed by atoms with Gasteiger partial charge >= 0.3 is 6.09 Å². The summed E-state index contributed by atoms with van der Waals surface area (Å²) in [5.41, 5.74) is 0. The number of alkyl carbamates (subject to hydrolysis) is 1. The first-order chi connectivity index (χ1) is 9.20. The Morgan fingerprint density at radius 2 is 2.21 bits per heavy atom. The van der Waals surface area contributed by atoms with Gasteiger partial charge in [0.1, 0.15) is 0 Å². The van der Waals surface area contributed by atoms with Crippen molar-refractivity contribution in [3.63, 3.8) is 0 Å². The molecule has 0 aromatic heterocycles. The van der Waals surface area contributed by atoms with Gasteiger partial charge in [-0.05, 0) is 45.7 Å². The van der Waals surface area contributed by atoms with E-state index in [4.69, 9.17) is 4.74 Å². The highest BCUT2D eigenvalue weighted by Crippen LogP contribution is 2.24. The Labute approximate surface area is 113 Å². The number of rotatable bonds is 4. The summed E-state index contributed by atoms with van der Waals surface area (Å²) in [5, 5.41) is 5.75. The molecule has 0 aliphatic carbocycles. The fourth-order valence-electron chi connectivity index (χ4n) is 3.05. The molecule has 0 aromatic rings. The second-order valence-electron chi connectivity index (χ2n) is 5.15. The molecule has 2 saturated heterocycles. The van der Waals surface area contributed by atoms with Gasteiger partial charge in [-0.3, -0.25) is 15.0 Å². The first-order valence-electron chi connectivity index (χ1n) is 7.14. The number of imide groups is 1. The molecule has 6 heteroatoms. The van der Waals surface area contributed by atoms with Crippen LogP contribution >= 0.6 is 0 Å². The molecule has 0 spiro atoms. The summed E-state index contributed by atoms with van der Waals surface area (Å²) in [6.45, 7) is 4.27. The molecule has 0 bridgehead atoms. The highest BCUT2D eigenvalue weighted by Gasteiger charge is 2.34. The highest BCUT2D eigenvalue weighted by atomic mass is 16.5. The molecule has 2 rings (SSSR count). The molecular formula is C13H23N3O3. The smallest absolute Gasteiger partial charge is 0.413 e. The van der Waals surface area contributed by atoms with Crippen LogP contribution in [0.5, 0.6) is 0 Å². The summed E-state index contributed by atoms with van der Waals surface area (Å²) in [5.74, 6) is -0.275. The largest absolute Gasteiger partial charge is 0.450 e. The normalized spacial score (nSPS) is 27.4. The SMILES string of the molecule is CCOC(=O)NC(=O)CN1CCCC1C1CCCN1. The summed E-state index contributed by atoms with van der Waals surface area (Å²) in [6, 6.07) is 0.924. The Bertz CT molecular complexity index is 329. The van der Waals surface area contributed by atoms with Crippen LogP contribution in [0.25, 0.3) is 0 Å². The van der Waals surface area contributed by atoms with Gasteiger partial charge in [0.05, 0.1) is 13.2 Å². The topological polar surface area (TPSA) is 70.7 Å². The Hall–Kier alpha value is -1.14. The minimum Gasteiger partial charge on any atom is -0.450 e. The molecule has 0 radical (unpaired) electrons. The van der Waals surface area contributed by atoms with E-state index in [0.29, 0.717) is 12.1 Å². The Balaban J connectivity index is 1.80. The molecule has 6 nitrogen and oxygen atoms in total. The number of amides is 2. The third-order valence-corrected chi connectivity index (χ3v) is 3.84. The zero-order valence-corrected chi connectivity index (χ0v) is 11.5. The molecule has 2 unspecified atom stereocenters. The Kier molecular flexibility index (Phi) is 5.15. The zero-order valence-electron chi connectivity index (χ0n) is 11.5. The van der Waals surface area contributed by atoms with E-state index in [9.17, 15) is 9.59 Å². The van der Waals surface area contributed by atoms with E-state index in [1.54, 1.807) is 6.92 Å². The molecule has 2 atom stereocenters. The van der Waals surface area contributed by atoms with Gasteiger partial charge in [0.15, 0.2) is 0 Å². The quantitative estimate of drug-likeness (QED) is 0.776. The molecule has 0 aromatic carbocycles. The summed E-state index contributed by atoms with van der Waals surface area (Å²) in [4.78, 5) is 25.1. The molecule has 2 heterocycles. The van der Waals surface area contributed by atoms with Crippen molar-refractivity contribution in [3.05, 3.63) is 0 Å². The Morgan fingerprint density at radius 1 is 1.37 bits per heavy atom. The minimum atomic E-state index is -0.651. The fourth-order valence-corrected chi connectivity index (χ4v) is 3.05. The van der Waals surface area contributed by atoms with E-state index < -0.39 is 6.09 Å². The van der Waals surface area contributed by atoms with Crippen LogP contribution in [0.4, 0.5) is 4.79 Å². The summed E-state index contributed by atoms with van der Waals surface area (Å²) >= 11 is 0. The second kappa shape index (κ2) is 6.86. The van der Waals surface area contributed by atoms with Crippen molar-refractivity contribution < 1.29 is 14.3 Å². The van der Waals surface area contributed by atoms with E-state index in [-0.39, 0.29) is 19.1 Å². The maximum Gasteiger partial charge on any atom is 0.413 e. The van der Waals surface area contributed by atoms with Gasteiger partial charge in [-0.2, -0.15) is 0 Å². The standard InChI is InChI=1S/C13H23N3O3/c1-2-19-13(18)15-12(17)9-16-8-4-6-11(16)10-5-3-7-14-10/h10-11,14H,2-9H2,1H3,(H,15,17,18). The third kappa shape index (κ3) is 3.91. The van der Waals surface area contributed by atoms with Crippen molar-refractivity contribution in [1.29, 1.82) is 0 Å². The van der Waals surface area contributed by atoms with Gasteiger partial charge in [0.25, 0.3) is 0 Å². The third-order valence-electron chi connectivity index (χ3n) is 3.84. The van der Waals surface area contributed by atoms with Gasteiger partial charge in [0.2, 0.25) is 5.91 Å². The maximum absolute atomic E-state index is 11.8. The van der Waals surface area contributed by atoms with E-state index in [1.165, 1.54) is 12.8 Å². The molecule has 2 aliphatic heterocycles. The van der Waals surface area contributed by atoms with E-state index in [2.05, 4.69) is 15.5 Å². The lowest BCUT2D eigenvalue weighted by atomic mass is 10.0. The number of hydrogen-bond acceptors (Lipinski definition) is 5. The van der Waals surface area contributed by atoms with Crippen molar-refractivity contribution in [3.8, 4) is 0 Å². The molecular weight excluding hydrogens is 246 g/mol. The lowest BCUT2D eigenvalue weighted by molar-refractivity contribution is -0.121. The van der Waals surface area contributed by atoms with Gasteiger partial charge in [-0.15, -0.1) is 0 Å². The van der Waals surface area contributed by atoms with Crippen molar-refractivity contribution in [2.24, 2.45) is 0 Å². The number of carbonyl (C=O) groups excluding carboxylic acids is 2. The fraction of sp³-hybridized carbons (Fsp3) is 0.846. The summed E-state index contributed by atoms with van der Waals surface area (Å²) < 4.78 is 4.70. The number of hydrogen-bond donors (Lipinski definition) is 2. The molecule has 2 aliphatic rings. The maximum atomic E-state index is 11.8. The van der Waals surface area contributed by atoms with Gasteiger partial charge in [-0.25, -0.2) is 4.79 Å². The number of ether oxygens (including phenoxy) is 1. The summed E-state index contributed by atoms with van der Waals surface area (Å²) in [6.07, 6.45) is 3.99. The minimum absolute atomic E-state index is 0.275. The second-order valence-corrected chi connectivity index (χ2v) is 5.15. The van der Waals surface area contributed by atoms with Crippen molar-refractivity contribution in [2.45, 2.75) is 44.7 Å². The molecule has 2 amide bonds. The van der Waals surface area contributed by atoms with Crippen LogP contribution in [-0.4, -0.2) is 55.2 Å². The predicted molar refractivity (Wildman–Crippen MR) is 70.8 cm³/mol. The number of likely N-dealkylation sites (tertiary alicyclic amines) is 1. The van der Waals surface area contributed by atoms with Crippen LogP contribution in [-0.2, 0) is 9.53 Å². The molecule has 2 fully saturated rings. The van der Waals surface area contributed by atoms with Crippen LogP contribution in [0.15, 0.2) is 0 Å². The zero-order chi connectivity index (χ0) is 13.7. The number of carbonyl (C=O) groups is 2. The van der Waals surface area contributed by atoms with E-state index in [0.717, 1.165) is 25.9 Å². The van der Waals surface area contributed by atoms with E-state index in [1.807, 2.05) is 0 Å².